The van der Waals surface area contributed by atoms with E-state index in [1.54, 1.807) is 0 Å². The number of rotatable bonds is 1. The smallest absolute Gasteiger partial charge is 0.0622 e. The van der Waals surface area contributed by atoms with Gasteiger partial charge in [-0.1, -0.05) is 0 Å². The molecule has 2 saturated heterocycles. The van der Waals surface area contributed by atoms with Crippen molar-refractivity contribution in [1.82, 2.24) is 0 Å². The van der Waals surface area contributed by atoms with Gasteiger partial charge in [0.15, 0.2) is 0 Å². The first-order valence-corrected chi connectivity index (χ1v) is 4.68. The Morgan fingerprint density at radius 2 is 2.00 bits per heavy atom. The lowest BCUT2D eigenvalue weighted by atomic mass is 9.89. The van der Waals surface area contributed by atoms with Crippen molar-refractivity contribution in [2.45, 2.75) is 50.9 Å². The Hall–Kier alpha value is -0.0800. The van der Waals surface area contributed by atoms with Gasteiger partial charge in [-0.2, -0.15) is 0 Å². The van der Waals surface area contributed by atoms with Crippen LogP contribution in [0.2, 0.25) is 0 Å². The van der Waals surface area contributed by atoms with Crippen LogP contribution in [0.3, 0.4) is 0 Å². The summed E-state index contributed by atoms with van der Waals surface area (Å²) in [6.07, 6.45) is 6.12. The first-order chi connectivity index (χ1) is 5.27. The summed E-state index contributed by atoms with van der Waals surface area (Å²) >= 11 is 0. The number of hydrogen-bond donors (Lipinski definition) is 1. The van der Waals surface area contributed by atoms with Gasteiger partial charge in [0, 0.05) is 12.0 Å². The Kier molecular flexibility index (Phi) is 1.90. The maximum Gasteiger partial charge on any atom is 0.0622 e. The van der Waals surface area contributed by atoms with Crippen LogP contribution in [0.15, 0.2) is 0 Å². The highest BCUT2D eigenvalue weighted by Gasteiger charge is 2.37. The van der Waals surface area contributed by atoms with Gasteiger partial charge in [-0.15, -0.1) is 0 Å². The van der Waals surface area contributed by atoms with Crippen molar-refractivity contribution in [3.05, 3.63) is 0 Å². The van der Waals surface area contributed by atoms with E-state index in [1.807, 2.05) is 0 Å². The van der Waals surface area contributed by atoms with Crippen LogP contribution in [0.5, 0.6) is 0 Å². The molecule has 2 bridgehead atoms. The Bertz CT molecular complexity index is 146. The molecule has 0 saturated carbocycles. The number of nitrogens with two attached hydrogens (primary N) is 1. The second-order valence-corrected chi connectivity index (χ2v) is 3.97. The second kappa shape index (κ2) is 2.76. The molecule has 2 heterocycles. The zero-order valence-electron chi connectivity index (χ0n) is 7.12. The van der Waals surface area contributed by atoms with Crippen LogP contribution in [-0.4, -0.2) is 18.2 Å². The van der Waals surface area contributed by atoms with Crippen LogP contribution in [0, 0.1) is 5.92 Å². The topological polar surface area (TPSA) is 35.2 Å². The highest BCUT2D eigenvalue weighted by Crippen LogP contribution is 2.37. The van der Waals surface area contributed by atoms with Crippen molar-refractivity contribution >= 4 is 0 Å². The van der Waals surface area contributed by atoms with Crippen LogP contribution in [-0.2, 0) is 4.74 Å². The van der Waals surface area contributed by atoms with Gasteiger partial charge < -0.3 is 10.5 Å². The van der Waals surface area contributed by atoms with Crippen molar-refractivity contribution in [1.29, 1.82) is 0 Å². The Morgan fingerprint density at radius 3 is 2.73 bits per heavy atom. The summed E-state index contributed by atoms with van der Waals surface area (Å²) in [4.78, 5) is 0. The first-order valence-electron chi connectivity index (χ1n) is 4.68. The van der Waals surface area contributed by atoms with E-state index in [4.69, 9.17) is 10.5 Å². The standard InChI is InChI=1S/C9H17NO/c1-6(10)8-4-2-7-3-5-9(8)11-7/h6-9H,2-5,10H2,1H3. The van der Waals surface area contributed by atoms with Gasteiger partial charge in [-0.3, -0.25) is 0 Å². The molecular weight excluding hydrogens is 138 g/mol. The summed E-state index contributed by atoms with van der Waals surface area (Å²) in [5.41, 5.74) is 5.87. The monoisotopic (exact) mass is 155 g/mol. The molecule has 0 radical (unpaired) electrons. The molecule has 2 fully saturated rings. The molecule has 2 N–H and O–H groups in total. The molecule has 2 aliphatic heterocycles. The van der Waals surface area contributed by atoms with Crippen molar-refractivity contribution in [3.8, 4) is 0 Å². The van der Waals surface area contributed by atoms with E-state index in [2.05, 4.69) is 6.92 Å². The van der Waals surface area contributed by atoms with Crippen LogP contribution >= 0.6 is 0 Å². The van der Waals surface area contributed by atoms with Crippen LogP contribution < -0.4 is 5.73 Å². The van der Waals surface area contributed by atoms with Gasteiger partial charge >= 0.3 is 0 Å². The fourth-order valence-electron chi connectivity index (χ4n) is 2.43. The van der Waals surface area contributed by atoms with Gasteiger partial charge in [0.1, 0.15) is 0 Å². The van der Waals surface area contributed by atoms with Crippen molar-refractivity contribution in [2.75, 3.05) is 0 Å². The Balaban J connectivity index is 2.01. The SMILES string of the molecule is CC(N)C1CCC2CCC1O2. The molecular formula is C9H17NO. The third kappa shape index (κ3) is 1.30. The van der Waals surface area contributed by atoms with E-state index in [-0.39, 0.29) is 0 Å². The minimum Gasteiger partial charge on any atom is -0.375 e. The highest BCUT2D eigenvalue weighted by molar-refractivity contribution is 4.88. The van der Waals surface area contributed by atoms with Gasteiger partial charge in [-0.25, -0.2) is 0 Å². The van der Waals surface area contributed by atoms with Crippen molar-refractivity contribution < 1.29 is 4.74 Å². The number of fused-ring (bicyclic) bond motifs is 2. The maximum absolute atomic E-state index is 5.87. The van der Waals surface area contributed by atoms with Crippen LogP contribution in [0.25, 0.3) is 0 Å². The van der Waals surface area contributed by atoms with Gasteiger partial charge in [0.05, 0.1) is 12.2 Å². The normalized spacial score (nSPS) is 45.8. The molecule has 4 unspecified atom stereocenters. The molecule has 64 valence electrons. The maximum atomic E-state index is 5.87. The quantitative estimate of drug-likeness (QED) is 0.619. The molecule has 0 aliphatic carbocycles. The summed E-state index contributed by atoms with van der Waals surface area (Å²) < 4.78 is 5.79. The van der Waals surface area contributed by atoms with Crippen molar-refractivity contribution in [3.63, 3.8) is 0 Å². The highest BCUT2D eigenvalue weighted by atomic mass is 16.5. The predicted molar refractivity (Wildman–Crippen MR) is 44.3 cm³/mol. The average Bonchev–Trinajstić information content (AvgIpc) is 2.32. The zero-order chi connectivity index (χ0) is 7.84. The predicted octanol–water partition coefficient (Wildman–Crippen LogP) is 1.29. The fourth-order valence-corrected chi connectivity index (χ4v) is 2.43. The van der Waals surface area contributed by atoms with Gasteiger partial charge in [0.25, 0.3) is 0 Å². The van der Waals surface area contributed by atoms with E-state index in [0.29, 0.717) is 24.2 Å². The molecule has 0 aromatic rings. The molecule has 0 spiro atoms. The molecule has 2 heteroatoms. The summed E-state index contributed by atoms with van der Waals surface area (Å²) in [6.45, 7) is 2.10. The van der Waals surface area contributed by atoms with E-state index < -0.39 is 0 Å². The second-order valence-electron chi connectivity index (χ2n) is 3.97. The number of hydrogen-bond acceptors (Lipinski definition) is 2. The van der Waals surface area contributed by atoms with Crippen LogP contribution in [0.1, 0.15) is 32.6 Å². The minimum absolute atomic E-state index is 0.319. The molecule has 0 aromatic heterocycles. The lowest BCUT2D eigenvalue weighted by Crippen LogP contribution is -2.38. The van der Waals surface area contributed by atoms with E-state index in [9.17, 15) is 0 Å². The minimum atomic E-state index is 0.319. The summed E-state index contributed by atoms with van der Waals surface area (Å²) in [7, 11) is 0. The van der Waals surface area contributed by atoms with E-state index >= 15 is 0 Å². The first kappa shape index (κ1) is 7.56. The van der Waals surface area contributed by atoms with Gasteiger partial charge in [0.2, 0.25) is 0 Å². The molecule has 0 amide bonds. The average molecular weight is 155 g/mol. The Labute approximate surface area is 68.1 Å². The van der Waals surface area contributed by atoms with Gasteiger partial charge in [-0.05, 0) is 32.6 Å². The third-order valence-corrected chi connectivity index (χ3v) is 3.12. The fraction of sp³-hybridized carbons (Fsp3) is 1.00. The summed E-state index contributed by atoms with van der Waals surface area (Å²) in [5.74, 6) is 0.633. The molecule has 11 heavy (non-hydrogen) atoms. The lowest BCUT2D eigenvalue weighted by Gasteiger charge is -2.31. The van der Waals surface area contributed by atoms with E-state index in [0.717, 1.165) is 0 Å². The lowest BCUT2D eigenvalue weighted by molar-refractivity contribution is -0.0374. The summed E-state index contributed by atoms with van der Waals surface area (Å²) in [6, 6.07) is 0.319. The van der Waals surface area contributed by atoms with Crippen molar-refractivity contribution in [2.24, 2.45) is 11.7 Å². The van der Waals surface area contributed by atoms with E-state index in [1.165, 1.54) is 25.7 Å². The molecule has 4 atom stereocenters. The summed E-state index contributed by atoms with van der Waals surface area (Å²) in [5, 5.41) is 0. The molecule has 2 aliphatic rings. The number of ether oxygens (including phenoxy) is 1. The zero-order valence-corrected chi connectivity index (χ0v) is 7.12. The van der Waals surface area contributed by atoms with Crippen LogP contribution in [0.4, 0.5) is 0 Å². The molecule has 0 aromatic carbocycles. The Morgan fingerprint density at radius 1 is 1.27 bits per heavy atom. The largest absolute Gasteiger partial charge is 0.375 e. The molecule has 2 rings (SSSR count). The molecule has 2 nitrogen and oxygen atoms in total. The third-order valence-electron chi connectivity index (χ3n) is 3.12.